The fraction of sp³-hybridized carbons (Fsp3) is 0.571. The molecule has 0 unspecified atom stereocenters. The molecule has 3 rings (SSSR count). The van der Waals surface area contributed by atoms with Crippen molar-refractivity contribution >= 4 is 29.0 Å². The van der Waals surface area contributed by atoms with Gasteiger partial charge in [0.25, 0.3) is 0 Å². The Balaban J connectivity index is 1.89. The molecule has 0 saturated carbocycles. The van der Waals surface area contributed by atoms with E-state index in [1.807, 2.05) is 24.3 Å². The maximum atomic E-state index is 11.9. The third-order valence-electron chi connectivity index (χ3n) is 5.45. The number of hydrogen-bond donors (Lipinski definition) is 1. The lowest BCUT2D eigenvalue weighted by Crippen LogP contribution is -2.27. The molecule has 7 heteroatoms. The molecule has 2 heterocycles. The van der Waals surface area contributed by atoms with Gasteiger partial charge in [-0.05, 0) is 49.1 Å². The third-order valence-corrected chi connectivity index (χ3v) is 7.77. The smallest absolute Gasteiger partial charge is 0.233 e. The van der Waals surface area contributed by atoms with Crippen LogP contribution in [0.2, 0.25) is 0 Å². The highest BCUT2D eigenvalue weighted by atomic mass is 32.2. The van der Waals surface area contributed by atoms with Crippen LogP contribution in [0.25, 0.3) is 10.7 Å². The summed E-state index contributed by atoms with van der Waals surface area (Å²) in [5, 5.41) is 12.1. The quantitative estimate of drug-likeness (QED) is 0.551. The van der Waals surface area contributed by atoms with Crippen LogP contribution in [-0.2, 0) is 24.2 Å². The van der Waals surface area contributed by atoms with Crippen molar-refractivity contribution < 1.29 is 4.79 Å². The molecule has 28 heavy (non-hydrogen) atoms. The second-order valence-electron chi connectivity index (χ2n) is 8.44. The first kappa shape index (κ1) is 21.1. The van der Waals surface area contributed by atoms with Crippen molar-refractivity contribution in [1.82, 2.24) is 20.1 Å². The first-order valence-corrected chi connectivity index (χ1v) is 11.5. The summed E-state index contributed by atoms with van der Waals surface area (Å²) in [7, 11) is 1.65. The van der Waals surface area contributed by atoms with Crippen LogP contribution in [0.5, 0.6) is 0 Å². The number of nitrogens with one attached hydrogen (secondary N) is 1. The molecule has 0 fully saturated rings. The highest BCUT2D eigenvalue weighted by Gasteiger charge is 2.30. The lowest BCUT2D eigenvalue weighted by atomic mass is 9.72. The topological polar surface area (TPSA) is 59.8 Å². The third kappa shape index (κ3) is 4.35. The van der Waals surface area contributed by atoms with Crippen LogP contribution in [-0.4, -0.2) is 33.0 Å². The Morgan fingerprint density at radius 1 is 1.50 bits per heavy atom. The van der Waals surface area contributed by atoms with Gasteiger partial charge in [0.05, 0.1) is 10.1 Å². The van der Waals surface area contributed by atoms with Gasteiger partial charge in [-0.2, -0.15) is 0 Å². The standard InChI is InChI=1S/C21H30N4OS2/c1-7-10-25-18(23-24-20(25)27-13(2)19(26)22-6)17-12-14-11-15(21(3,4)5)8-9-16(14)28-17/h7,12-13,15H,1,8-11H2,2-6H3,(H,22,26)/t13-,15-/m0/s1. The Kier molecular flexibility index (Phi) is 6.34. The largest absolute Gasteiger partial charge is 0.358 e. The number of thiophene rings is 1. The summed E-state index contributed by atoms with van der Waals surface area (Å²) in [6, 6.07) is 2.30. The van der Waals surface area contributed by atoms with Crippen molar-refractivity contribution in [2.45, 2.75) is 63.9 Å². The molecule has 1 aliphatic rings. The Labute approximate surface area is 176 Å². The van der Waals surface area contributed by atoms with Crippen molar-refractivity contribution in [3.63, 3.8) is 0 Å². The average Bonchev–Trinajstić information content (AvgIpc) is 3.24. The molecule has 0 saturated heterocycles. The van der Waals surface area contributed by atoms with Crippen LogP contribution < -0.4 is 5.32 Å². The molecular formula is C21H30N4OS2. The minimum Gasteiger partial charge on any atom is -0.358 e. The average molecular weight is 419 g/mol. The molecule has 1 aliphatic carbocycles. The Bertz CT molecular complexity index is 862. The van der Waals surface area contributed by atoms with E-state index in [1.165, 1.54) is 28.6 Å². The van der Waals surface area contributed by atoms with Gasteiger partial charge in [0.2, 0.25) is 5.91 Å². The van der Waals surface area contributed by atoms with Gasteiger partial charge in [0.15, 0.2) is 11.0 Å². The summed E-state index contributed by atoms with van der Waals surface area (Å²) in [5.74, 6) is 1.57. The van der Waals surface area contributed by atoms with Crippen LogP contribution >= 0.6 is 23.1 Å². The lowest BCUT2D eigenvalue weighted by molar-refractivity contribution is -0.119. The number of allylic oxidation sites excluding steroid dienone is 1. The number of nitrogens with zero attached hydrogens (tertiary/aromatic N) is 3. The van der Waals surface area contributed by atoms with Gasteiger partial charge in [0, 0.05) is 18.5 Å². The summed E-state index contributed by atoms with van der Waals surface area (Å²) < 4.78 is 2.07. The molecule has 2 aromatic heterocycles. The first-order chi connectivity index (χ1) is 13.2. The monoisotopic (exact) mass is 418 g/mol. The second kappa shape index (κ2) is 8.41. The van der Waals surface area contributed by atoms with Crippen molar-refractivity contribution in [2.75, 3.05) is 7.05 Å². The van der Waals surface area contributed by atoms with E-state index >= 15 is 0 Å². The van der Waals surface area contributed by atoms with Gasteiger partial charge in [-0.25, -0.2) is 0 Å². The van der Waals surface area contributed by atoms with E-state index in [-0.39, 0.29) is 11.2 Å². The Morgan fingerprint density at radius 2 is 2.25 bits per heavy atom. The molecule has 0 aromatic carbocycles. The van der Waals surface area contributed by atoms with Crippen LogP contribution in [0.3, 0.4) is 0 Å². The van der Waals surface area contributed by atoms with Gasteiger partial charge < -0.3 is 5.32 Å². The van der Waals surface area contributed by atoms with Gasteiger partial charge in [-0.3, -0.25) is 9.36 Å². The Morgan fingerprint density at radius 3 is 2.89 bits per heavy atom. The number of aromatic nitrogens is 3. The minimum absolute atomic E-state index is 0.0143. The molecule has 0 spiro atoms. The van der Waals surface area contributed by atoms with Gasteiger partial charge in [0.1, 0.15) is 0 Å². The molecule has 1 amide bonds. The van der Waals surface area contributed by atoms with Gasteiger partial charge in [-0.15, -0.1) is 28.1 Å². The van der Waals surface area contributed by atoms with E-state index in [9.17, 15) is 4.79 Å². The summed E-state index contributed by atoms with van der Waals surface area (Å²) in [6.45, 7) is 13.4. The SMILES string of the molecule is C=CCn1c(S[C@@H](C)C(=O)NC)nnc1-c1cc2c(s1)CC[C@H](C(C)(C)C)C2. The summed E-state index contributed by atoms with van der Waals surface area (Å²) in [6.07, 6.45) is 5.39. The van der Waals surface area contributed by atoms with Crippen LogP contribution in [0.1, 0.15) is 44.6 Å². The van der Waals surface area contributed by atoms with Crippen molar-refractivity contribution in [1.29, 1.82) is 0 Å². The molecule has 2 aromatic rings. The summed E-state index contributed by atoms with van der Waals surface area (Å²) >= 11 is 3.27. The normalized spacial score (nSPS) is 17.8. The van der Waals surface area contributed by atoms with E-state index in [0.29, 0.717) is 17.9 Å². The lowest BCUT2D eigenvalue weighted by Gasteiger charge is -2.33. The maximum absolute atomic E-state index is 11.9. The minimum atomic E-state index is -0.227. The highest BCUT2D eigenvalue weighted by molar-refractivity contribution is 8.00. The number of carbonyl (C=O) groups is 1. The molecule has 152 valence electrons. The molecule has 5 nitrogen and oxygen atoms in total. The second-order valence-corrected chi connectivity index (χ2v) is 10.9. The molecule has 0 aliphatic heterocycles. The number of amides is 1. The van der Waals surface area contributed by atoms with Crippen molar-refractivity contribution in [2.24, 2.45) is 11.3 Å². The van der Waals surface area contributed by atoms with Crippen molar-refractivity contribution in [3.8, 4) is 10.7 Å². The number of rotatable bonds is 6. The van der Waals surface area contributed by atoms with Crippen LogP contribution in [0.4, 0.5) is 0 Å². The first-order valence-electron chi connectivity index (χ1n) is 9.79. The van der Waals surface area contributed by atoms with Crippen LogP contribution in [0.15, 0.2) is 23.9 Å². The fourth-order valence-electron chi connectivity index (χ4n) is 3.64. The van der Waals surface area contributed by atoms with E-state index in [2.05, 4.69) is 53.5 Å². The van der Waals surface area contributed by atoms with Gasteiger partial charge in [-0.1, -0.05) is 38.6 Å². The molecular weight excluding hydrogens is 388 g/mol. The number of hydrogen-bond acceptors (Lipinski definition) is 5. The number of aryl methyl sites for hydroxylation is 1. The van der Waals surface area contributed by atoms with E-state index in [1.54, 1.807) is 7.05 Å². The zero-order chi connectivity index (χ0) is 20.5. The predicted octanol–water partition coefficient (Wildman–Crippen LogP) is 4.57. The van der Waals surface area contributed by atoms with Gasteiger partial charge >= 0.3 is 0 Å². The molecule has 0 bridgehead atoms. The van der Waals surface area contributed by atoms with E-state index < -0.39 is 0 Å². The number of fused-ring (bicyclic) bond motifs is 1. The summed E-state index contributed by atoms with van der Waals surface area (Å²) in [5.41, 5.74) is 1.80. The summed E-state index contributed by atoms with van der Waals surface area (Å²) in [4.78, 5) is 14.5. The number of thioether (sulfide) groups is 1. The molecule has 2 atom stereocenters. The maximum Gasteiger partial charge on any atom is 0.233 e. The van der Waals surface area contributed by atoms with E-state index in [0.717, 1.165) is 28.7 Å². The van der Waals surface area contributed by atoms with Crippen LogP contribution in [0, 0.1) is 11.3 Å². The van der Waals surface area contributed by atoms with E-state index in [4.69, 9.17) is 0 Å². The zero-order valence-electron chi connectivity index (χ0n) is 17.4. The van der Waals surface area contributed by atoms with Crippen molar-refractivity contribution in [3.05, 3.63) is 29.2 Å². The fourth-order valence-corrected chi connectivity index (χ4v) is 5.76. The number of carbonyl (C=O) groups excluding carboxylic acids is 1. The molecule has 1 N–H and O–H groups in total. The predicted molar refractivity (Wildman–Crippen MR) is 118 cm³/mol. The Hall–Kier alpha value is -1.60. The zero-order valence-corrected chi connectivity index (χ0v) is 19.0. The highest BCUT2D eigenvalue weighted by Crippen LogP contribution is 2.42. The molecule has 0 radical (unpaired) electrons.